The molecule has 0 unspecified atom stereocenters. The van der Waals surface area contributed by atoms with Crippen LogP contribution in [0.5, 0.6) is 0 Å². The molecule has 1 aromatic heterocycles. The summed E-state index contributed by atoms with van der Waals surface area (Å²) in [6, 6.07) is 0.802. The van der Waals surface area contributed by atoms with Crippen LogP contribution in [-0.2, 0) is 27.2 Å². The molecule has 8 heteroatoms. The second-order valence-electron chi connectivity index (χ2n) is 7.53. The fourth-order valence-electron chi connectivity index (χ4n) is 3.94. The van der Waals surface area contributed by atoms with Crippen LogP contribution < -0.4 is 5.32 Å². The Morgan fingerprint density at radius 1 is 1.31 bits per heavy atom. The van der Waals surface area contributed by atoms with E-state index in [9.17, 15) is 4.79 Å². The second-order valence-corrected chi connectivity index (χ2v) is 7.53. The van der Waals surface area contributed by atoms with Crippen LogP contribution in [0.4, 0.5) is 0 Å². The molecule has 144 valence electrons. The molecule has 0 spiro atoms. The van der Waals surface area contributed by atoms with E-state index >= 15 is 0 Å². The van der Waals surface area contributed by atoms with Crippen molar-refractivity contribution in [3.05, 3.63) is 17.0 Å². The van der Waals surface area contributed by atoms with Gasteiger partial charge in [-0.15, -0.1) is 0 Å². The highest BCUT2D eigenvalue weighted by molar-refractivity contribution is 5.95. The van der Waals surface area contributed by atoms with E-state index in [2.05, 4.69) is 10.4 Å². The van der Waals surface area contributed by atoms with E-state index in [-0.39, 0.29) is 18.1 Å². The highest BCUT2D eigenvalue weighted by Crippen LogP contribution is 2.32. The summed E-state index contributed by atoms with van der Waals surface area (Å²) in [5.74, 6) is 0.0686. The number of carbonyl (C=O) groups is 1. The number of ether oxygens (including phenoxy) is 3. The number of aromatic nitrogens is 2. The Bertz CT molecular complexity index is 666. The first-order chi connectivity index (χ1) is 12.6. The molecular formula is C18H28N4O4. The minimum atomic E-state index is -0.0893. The Hall–Kier alpha value is -1.48. The predicted octanol–water partition coefficient (Wildman–Crippen LogP) is 0.365. The SMILES string of the molecule is COCCn1nc2c(c1C(=O)N1CC(NC3COC3)C1)C[C@H](C)O[C@@H]2C. The molecule has 0 saturated carbocycles. The van der Waals surface area contributed by atoms with Crippen molar-refractivity contribution in [3.8, 4) is 0 Å². The zero-order chi connectivity index (χ0) is 18.3. The van der Waals surface area contributed by atoms with Crippen molar-refractivity contribution < 1.29 is 19.0 Å². The van der Waals surface area contributed by atoms with E-state index in [4.69, 9.17) is 14.2 Å². The number of methoxy groups -OCH3 is 1. The average molecular weight is 364 g/mol. The molecule has 2 fully saturated rings. The maximum Gasteiger partial charge on any atom is 0.272 e. The fourth-order valence-corrected chi connectivity index (χ4v) is 3.94. The number of fused-ring (bicyclic) bond motifs is 1. The molecule has 1 amide bonds. The zero-order valence-corrected chi connectivity index (χ0v) is 15.7. The summed E-state index contributed by atoms with van der Waals surface area (Å²) < 4.78 is 18.1. The number of nitrogens with zero attached hydrogens (tertiary/aromatic N) is 3. The number of amides is 1. The first-order valence-electron chi connectivity index (χ1n) is 9.43. The second kappa shape index (κ2) is 7.26. The number of rotatable bonds is 6. The van der Waals surface area contributed by atoms with Crippen LogP contribution in [0.15, 0.2) is 0 Å². The summed E-state index contributed by atoms with van der Waals surface area (Å²) in [6.45, 7) is 8.17. The third-order valence-corrected chi connectivity index (χ3v) is 5.38. The van der Waals surface area contributed by atoms with Gasteiger partial charge in [0.1, 0.15) is 5.69 Å². The van der Waals surface area contributed by atoms with Gasteiger partial charge in [0.15, 0.2) is 0 Å². The van der Waals surface area contributed by atoms with Crippen LogP contribution in [0, 0.1) is 0 Å². The Balaban J connectivity index is 1.51. The topological polar surface area (TPSA) is 77.9 Å². The highest BCUT2D eigenvalue weighted by Gasteiger charge is 2.38. The lowest BCUT2D eigenvalue weighted by Crippen LogP contribution is -2.64. The maximum absolute atomic E-state index is 13.2. The zero-order valence-electron chi connectivity index (χ0n) is 15.7. The number of hydrogen-bond donors (Lipinski definition) is 1. The monoisotopic (exact) mass is 364 g/mol. The molecule has 26 heavy (non-hydrogen) atoms. The molecule has 0 aliphatic carbocycles. The standard InChI is InChI=1S/C18H28N4O4/c1-11-6-15-16(12(2)26-11)20-22(4-5-24-3)17(15)18(23)21-7-13(8-21)19-14-9-25-10-14/h11-14,19H,4-10H2,1-3H3/t11-,12+/m0/s1. The summed E-state index contributed by atoms with van der Waals surface area (Å²) in [7, 11) is 1.66. The molecule has 0 bridgehead atoms. The van der Waals surface area contributed by atoms with Gasteiger partial charge < -0.3 is 24.4 Å². The summed E-state index contributed by atoms with van der Waals surface area (Å²) in [4.78, 5) is 15.1. The minimum Gasteiger partial charge on any atom is -0.383 e. The van der Waals surface area contributed by atoms with E-state index in [1.807, 2.05) is 23.4 Å². The van der Waals surface area contributed by atoms with Crippen molar-refractivity contribution in [2.45, 2.75) is 51.1 Å². The summed E-state index contributed by atoms with van der Waals surface area (Å²) in [5, 5.41) is 8.21. The van der Waals surface area contributed by atoms with Gasteiger partial charge in [-0.25, -0.2) is 0 Å². The van der Waals surface area contributed by atoms with E-state index in [0.717, 1.165) is 44.0 Å². The number of likely N-dealkylation sites (tertiary alicyclic amines) is 1. The van der Waals surface area contributed by atoms with Gasteiger partial charge >= 0.3 is 0 Å². The van der Waals surface area contributed by atoms with Gasteiger partial charge in [0.25, 0.3) is 5.91 Å². The number of nitrogens with one attached hydrogen (secondary N) is 1. The number of carbonyl (C=O) groups excluding carboxylic acids is 1. The van der Waals surface area contributed by atoms with Crippen LogP contribution in [0.25, 0.3) is 0 Å². The van der Waals surface area contributed by atoms with Crippen LogP contribution in [0.1, 0.15) is 41.7 Å². The first-order valence-corrected chi connectivity index (χ1v) is 9.43. The highest BCUT2D eigenvalue weighted by atomic mass is 16.5. The lowest BCUT2D eigenvalue weighted by molar-refractivity contribution is -0.0211. The Labute approximate surface area is 153 Å². The van der Waals surface area contributed by atoms with Gasteiger partial charge in [0.05, 0.1) is 50.3 Å². The molecule has 1 N–H and O–H groups in total. The Morgan fingerprint density at radius 2 is 2.08 bits per heavy atom. The average Bonchev–Trinajstić information content (AvgIpc) is 2.88. The van der Waals surface area contributed by atoms with E-state index in [1.54, 1.807) is 7.11 Å². The third kappa shape index (κ3) is 3.26. The molecule has 0 aromatic carbocycles. The van der Waals surface area contributed by atoms with Crippen molar-refractivity contribution in [3.63, 3.8) is 0 Å². The van der Waals surface area contributed by atoms with Gasteiger partial charge in [-0.3, -0.25) is 9.48 Å². The first kappa shape index (κ1) is 17.9. The van der Waals surface area contributed by atoms with E-state index in [0.29, 0.717) is 30.9 Å². The van der Waals surface area contributed by atoms with Crippen LogP contribution in [-0.4, -0.2) is 78.8 Å². The van der Waals surface area contributed by atoms with Crippen molar-refractivity contribution in [2.24, 2.45) is 0 Å². The van der Waals surface area contributed by atoms with Crippen LogP contribution >= 0.6 is 0 Å². The lowest BCUT2D eigenvalue weighted by Gasteiger charge is -2.43. The fraction of sp³-hybridized carbons (Fsp3) is 0.778. The summed E-state index contributed by atoms with van der Waals surface area (Å²) in [6.07, 6.45) is 0.727. The van der Waals surface area contributed by atoms with Crippen molar-refractivity contribution in [1.29, 1.82) is 0 Å². The molecular weight excluding hydrogens is 336 g/mol. The maximum atomic E-state index is 13.2. The molecule has 4 rings (SSSR count). The van der Waals surface area contributed by atoms with Gasteiger partial charge in [-0.1, -0.05) is 0 Å². The third-order valence-electron chi connectivity index (χ3n) is 5.38. The quantitative estimate of drug-likeness (QED) is 0.786. The Kier molecular flexibility index (Phi) is 5.00. The van der Waals surface area contributed by atoms with Gasteiger partial charge in [0.2, 0.25) is 0 Å². The molecule has 8 nitrogen and oxygen atoms in total. The molecule has 2 saturated heterocycles. The van der Waals surface area contributed by atoms with Crippen LogP contribution in [0.2, 0.25) is 0 Å². The van der Waals surface area contributed by atoms with Crippen LogP contribution in [0.3, 0.4) is 0 Å². The molecule has 3 aliphatic heterocycles. The van der Waals surface area contributed by atoms with E-state index < -0.39 is 0 Å². The lowest BCUT2D eigenvalue weighted by atomic mass is 9.98. The summed E-state index contributed by atoms with van der Waals surface area (Å²) in [5.41, 5.74) is 2.65. The molecule has 3 aliphatic rings. The molecule has 4 heterocycles. The summed E-state index contributed by atoms with van der Waals surface area (Å²) >= 11 is 0. The predicted molar refractivity (Wildman–Crippen MR) is 94.2 cm³/mol. The van der Waals surface area contributed by atoms with Crippen molar-refractivity contribution in [1.82, 2.24) is 20.0 Å². The molecule has 0 radical (unpaired) electrons. The minimum absolute atomic E-state index is 0.0686. The van der Waals surface area contributed by atoms with Gasteiger partial charge in [0, 0.05) is 38.2 Å². The van der Waals surface area contributed by atoms with Gasteiger partial charge in [-0.2, -0.15) is 5.10 Å². The number of hydrogen-bond acceptors (Lipinski definition) is 6. The smallest absolute Gasteiger partial charge is 0.272 e. The largest absolute Gasteiger partial charge is 0.383 e. The molecule has 2 atom stereocenters. The van der Waals surface area contributed by atoms with Gasteiger partial charge in [-0.05, 0) is 13.8 Å². The Morgan fingerprint density at radius 3 is 2.73 bits per heavy atom. The normalized spacial score (nSPS) is 26.3. The van der Waals surface area contributed by atoms with Crippen molar-refractivity contribution in [2.75, 3.05) is 40.0 Å². The van der Waals surface area contributed by atoms with E-state index in [1.165, 1.54) is 0 Å². The molecule has 1 aromatic rings. The van der Waals surface area contributed by atoms with Crippen molar-refractivity contribution >= 4 is 5.91 Å².